The molecule has 3 heterocycles. The minimum atomic E-state index is 0.148. The van der Waals surface area contributed by atoms with Gasteiger partial charge in [0, 0.05) is 42.7 Å². The molecule has 2 atom stereocenters. The van der Waals surface area contributed by atoms with Crippen LogP contribution in [0.3, 0.4) is 0 Å². The second kappa shape index (κ2) is 7.09. The Morgan fingerprint density at radius 1 is 1.43 bits per heavy atom. The summed E-state index contributed by atoms with van der Waals surface area (Å²) in [5, 5.41) is 0.148. The summed E-state index contributed by atoms with van der Waals surface area (Å²) in [6.07, 6.45) is 7.25. The van der Waals surface area contributed by atoms with E-state index in [1.807, 2.05) is 35.9 Å². The fourth-order valence-electron chi connectivity index (χ4n) is 3.16. The summed E-state index contributed by atoms with van der Waals surface area (Å²) in [6, 6.07) is 0.175. The van der Waals surface area contributed by atoms with Gasteiger partial charge in [-0.2, -0.15) is 11.8 Å². The molecule has 3 rings (SSSR count). The zero-order chi connectivity index (χ0) is 14.7. The summed E-state index contributed by atoms with van der Waals surface area (Å²) in [5.41, 5.74) is 0. The number of thioether (sulfide) groups is 2. The minimum Gasteiger partial charge on any atom is -0.333 e. The van der Waals surface area contributed by atoms with Crippen LogP contribution in [-0.4, -0.2) is 49.4 Å². The van der Waals surface area contributed by atoms with Crippen LogP contribution in [-0.2, 0) is 11.3 Å². The first-order valence-corrected chi connectivity index (χ1v) is 10.0. The molecule has 0 unspecified atom stereocenters. The van der Waals surface area contributed by atoms with Crippen LogP contribution < -0.4 is 0 Å². The van der Waals surface area contributed by atoms with Gasteiger partial charge >= 0.3 is 0 Å². The Hall–Kier alpha value is -0.620. The first-order valence-electron chi connectivity index (χ1n) is 7.82. The lowest BCUT2D eigenvalue weighted by Gasteiger charge is -2.38. The number of hydrogen-bond donors (Lipinski definition) is 0. The number of imidazole rings is 1. The number of likely N-dealkylation sites (tertiary alicyclic amines) is 1. The van der Waals surface area contributed by atoms with Gasteiger partial charge in [0.05, 0.1) is 11.3 Å². The first-order chi connectivity index (χ1) is 10.3. The summed E-state index contributed by atoms with van der Waals surface area (Å²) in [5.74, 6) is 4.65. The van der Waals surface area contributed by atoms with Crippen LogP contribution in [0, 0.1) is 0 Å². The Kier molecular flexibility index (Phi) is 5.16. The van der Waals surface area contributed by atoms with E-state index in [2.05, 4.69) is 21.4 Å². The molecule has 0 spiro atoms. The minimum absolute atomic E-state index is 0.148. The standard InChI is InChI=1S/C15H23N3OS2/c1-2-17-8-6-16-14(17)12-5-3-4-7-18(12)15(19)13-11-20-9-10-21-13/h6,8,12-13H,2-5,7,9-11H2,1H3/t12-,13+/m1/s1. The largest absolute Gasteiger partial charge is 0.333 e. The van der Waals surface area contributed by atoms with Crippen molar-refractivity contribution in [3.63, 3.8) is 0 Å². The maximum atomic E-state index is 12.9. The van der Waals surface area contributed by atoms with Crippen molar-refractivity contribution in [1.82, 2.24) is 14.5 Å². The number of amides is 1. The smallest absolute Gasteiger partial charge is 0.237 e. The molecule has 2 aliphatic heterocycles. The Bertz CT molecular complexity index is 485. The van der Waals surface area contributed by atoms with Gasteiger partial charge in [-0.05, 0) is 26.2 Å². The SMILES string of the molecule is CCn1ccnc1[C@H]1CCCCN1C(=O)[C@@H]1CSCCS1. The molecule has 4 nitrogen and oxygen atoms in total. The molecule has 116 valence electrons. The van der Waals surface area contributed by atoms with Gasteiger partial charge in [-0.1, -0.05) is 0 Å². The Morgan fingerprint density at radius 2 is 2.33 bits per heavy atom. The van der Waals surface area contributed by atoms with Crippen molar-refractivity contribution in [3.8, 4) is 0 Å². The number of aryl methyl sites for hydroxylation is 1. The summed E-state index contributed by atoms with van der Waals surface area (Å²) < 4.78 is 2.18. The predicted molar refractivity (Wildman–Crippen MR) is 89.8 cm³/mol. The van der Waals surface area contributed by atoms with Crippen molar-refractivity contribution < 1.29 is 4.79 Å². The summed E-state index contributed by atoms with van der Waals surface area (Å²) >= 11 is 3.75. The van der Waals surface area contributed by atoms with Gasteiger partial charge in [-0.15, -0.1) is 11.8 Å². The van der Waals surface area contributed by atoms with Crippen LogP contribution in [0.5, 0.6) is 0 Å². The van der Waals surface area contributed by atoms with Gasteiger partial charge in [0.25, 0.3) is 0 Å². The van der Waals surface area contributed by atoms with Crippen molar-refractivity contribution in [3.05, 3.63) is 18.2 Å². The predicted octanol–water partition coefficient (Wildman–Crippen LogP) is 2.81. The average molecular weight is 326 g/mol. The van der Waals surface area contributed by atoms with E-state index in [9.17, 15) is 4.79 Å². The summed E-state index contributed by atoms with van der Waals surface area (Å²) in [6.45, 7) is 3.94. The summed E-state index contributed by atoms with van der Waals surface area (Å²) in [4.78, 5) is 19.6. The van der Waals surface area contributed by atoms with E-state index in [-0.39, 0.29) is 11.3 Å². The van der Waals surface area contributed by atoms with Gasteiger partial charge in [0.1, 0.15) is 5.82 Å². The van der Waals surface area contributed by atoms with E-state index in [4.69, 9.17) is 0 Å². The normalized spacial score (nSPS) is 26.8. The van der Waals surface area contributed by atoms with Gasteiger partial charge in [-0.3, -0.25) is 4.79 Å². The third kappa shape index (κ3) is 3.26. The number of rotatable bonds is 3. The molecule has 1 aromatic heterocycles. The van der Waals surface area contributed by atoms with Gasteiger partial charge < -0.3 is 9.47 Å². The van der Waals surface area contributed by atoms with Crippen molar-refractivity contribution in [1.29, 1.82) is 0 Å². The Labute approximate surface area is 135 Å². The van der Waals surface area contributed by atoms with Crippen molar-refractivity contribution in [2.45, 2.75) is 44.0 Å². The molecule has 2 saturated heterocycles. The van der Waals surface area contributed by atoms with Crippen LogP contribution in [0.1, 0.15) is 38.1 Å². The third-order valence-electron chi connectivity index (χ3n) is 4.26. The fraction of sp³-hybridized carbons (Fsp3) is 0.733. The monoisotopic (exact) mass is 325 g/mol. The second-order valence-corrected chi connectivity index (χ2v) is 8.01. The van der Waals surface area contributed by atoms with Gasteiger partial charge in [-0.25, -0.2) is 4.98 Å². The lowest BCUT2D eigenvalue weighted by Crippen LogP contribution is -2.45. The number of nitrogens with zero attached hydrogens (tertiary/aromatic N) is 3. The molecule has 21 heavy (non-hydrogen) atoms. The summed E-state index contributed by atoms with van der Waals surface area (Å²) in [7, 11) is 0. The number of hydrogen-bond acceptors (Lipinski definition) is 4. The maximum Gasteiger partial charge on any atom is 0.237 e. The highest BCUT2D eigenvalue weighted by molar-refractivity contribution is 8.07. The van der Waals surface area contributed by atoms with Crippen molar-refractivity contribution in [2.24, 2.45) is 0 Å². The molecule has 0 aliphatic carbocycles. The highest BCUT2D eigenvalue weighted by atomic mass is 32.2. The zero-order valence-electron chi connectivity index (χ0n) is 12.5. The highest BCUT2D eigenvalue weighted by Gasteiger charge is 2.35. The molecule has 1 amide bonds. The van der Waals surface area contributed by atoms with Crippen LogP contribution in [0.15, 0.2) is 12.4 Å². The maximum absolute atomic E-state index is 12.9. The van der Waals surface area contributed by atoms with E-state index < -0.39 is 0 Å². The molecule has 6 heteroatoms. The van der Waals surface area contributed by atoms with Crippen LogP contribution in [0.2, 0.25) is 0 Å². The lowest BCUT2D eigenvalue weighted by molar-refractivity contribution is -0.134. The third-order valence-corrected chi connectivity index (χ3v) is 7.01. The van der Waals surface area contributed by atoms with E-state index in [0.717, 1.165) is 43.3 Å². The van der Waals surface area contributed by atoms with Gasteiger partial charge in [0.15, 0.2) is 0 Å². The average Bonchev–Trinajstić information content (AvgIpc) is 3.03. The van der Waals surface area contributed by atoms with Crippen molar-refractivity contribution in [2.75, 3.05) is 23.8 Å². The molecule has 0 N–H and O–H groups in total. The van der Waals surface area contributed by atoms with Crippen LogP contribution in [0.4, 0.5) is 0 Å². The molecule has 2 aliphatic rings. The molecule has 1 aromatic rings. The number of carbonyl (C=O) groups is 1. The van der Waals surface area contributed by atoms with Gasteiger partial charge in [0.2, 0.25) is 5.91 Å². The Balaban J connectivity index is 1.79. The number of piperidine rings is 1. The number of aromatic nitrogens is 2. The molecular formula is C15H23N3OS2. The quantitative estimate of drug-likeness (QED) is 0.856. The molecule has 0 aromatic carbocycles. The van der Waals surface area contributed by atoms with E-state index in [1.165, 1.54) is 12.2 Å². The highest BCUT2D eigenvalue weighted by Crippen LogP contribution is 2.34. The van der Waals surface area contributed by atoms with E-state index in [0.29, 0.717) is 5.91 Å². The fourth-order valence-corrected chi connectivity index (χ4v) is 5.78. The first kappa shape index (κ1) is 15.3. The van der Waals surface area contributed by atoms with E-state index >= 15 is 0 Å². The number of carbonyl (C=O) groups excluding carboxylic acids is 1. The Morgan fingerprint density at radius 3 is 3.10 bits per heavy atom. The topological polar surface area (TPSA) is 38.1 Å². The zero-order valence-corrected chi connectivity index (χ0v) is 14.2. The van der Waals surface area contributed by atoms with Crippen molar-refractivity contribution >= 4 is 29.4 Å². The molecular weight excluding hydrogens is 302 g/mol. The molecule has 0 radical (unpaired) electrons. The second-order valence-electron chi connectivity index (χ2n) is 5.55. The lowest BCUT2D eigenvalue weighted by atomic mass is 10.0. The van der Waals surface area contributed by atoms with E-state index in [1.54, 1.807) is 0 Å². The molecule has 0 bridgehead atoms. The van der Waals surface area contributed by atoms with Crippen LogP contribution in [0.25, 0.3) is 0 Å². The molecule has 2 fully saturated rings. The van der Waals surface area contributed by atoms with Crippen LogP contribution >= 0.6 is 23.5 Å². The molecule has 0 saturated carbocycles.